The fraction of sp³-hybridized carbons (Fsp3) is 0.167. The van der Waals surface area contributed by atoms with E-state index in [1.54, 1.807) is 6.07 Å². The highest BCUT2D eigenvalue weighted by Crippen LogP contribution is 2.25. The highest BCUT2D eigenvalue weighted by atomic mass is 35.5. The Hall–Kier alpha value is -1.57. The summed E-state index contributed by atoms with van der Waals surface area (Å²) in [7, 11) is -3.86. The van der Waals surface area contributed by atoms with Gasteiger partial charge in [0.25, 0.3) is 10.0 Å². The number of pyridine rings is 2. The first-order valence-corrected chi connectivity index (χ1v) is 8.20. The second-order valence-electron chi connectivity index (χ2n) is 3.97. The largest absolute Gasteiger partial charge is 0.369 e. The van der Waals surface area contributed by atoms with Crippen LogP contribution in [-0.2, 0) is 10.0 Å². The minimum atomic E-state index is -3.86. The van der Waals surface area contributed by atoms with Gasteiger partial charge in [-0.2, -0.15) is 0 Å². The zero-order chi connectivity index (χ0) is 15.5. The summed E-state index contributed by atoms with van der Waals surface area (Å²) < 4.78 is 26.8. The second-order valence-corrected chi connectivity index (χ2v) is 6.47. The second kappa shape index (κ2) is 6.46. The lowest BCUT2D eigenvalue weighted by atomic mass is 10.4. The van der Waals surface area contributed by atoms with Gasteiger partial charge in [0.05, 0.1) is 10.0 Å². The molecule has 2 aromatic heterocycles. The van der Waals surface area contributed by atoms with E-state index in [1.165, 1.54) is 24.5 Å². The predicted octanol–water partition coefficient (Wildman–Crippen LogP) is 3.02. The van der Waals surface area contributed by atoms with Crippen LogP contribution >= 0.6 is 23.2 Å². The van der Waals surface area contributed by atoms with Gasteiger partial charge in [0.15, 0.2) is 5.82 Å². The Balaban J connectivity index is 2.32. The van der Waals surface area contributed by atoms with Gasteiger partial charge in [-0.05, 0) is 25.1 Å². The van der Waals surface area contributed by atoms with Gasteiger partial charge in [-0.3, -0.25) is 4.72 Å². The first-order valence-electron chi connectivity index (χ1n) is 5.97. The molecule has 0 fully saturated rings. The molecule has 0 bridgehead atoms. The van der Waals surface area contributed by atoms with E-state index in [1.807, 2.05) is 6.92 Å². The minimum absolute atomic E-state index is 0.0473. The summed E-state index contributed by atoms with van der Waals surface area (Å²) in [6.07, 6.45) is 2.65. The quantitative estimate of drug-likeness (QED) is 0.869. The number of nitrogens with zero attached hydrogens (tertiary/aromatic N) is 2. The monoisotopic (exact) mass is 346 g/mol. The molecule has 0 aliphatic carbocycles. The maximum atomic E-state index is 12.2. The molecule has 2 N–H and O–H groups in total. The molecule has 9 heteroatoms. The van der Waals surface area contributed by atoms with Crippen molar-refractivity contribution in [2.24, 2.45) is 0 Å². The van der Waals surface area contributed by atoms with Crippen molar-refractivity contribution in [1.82, 2.24) is 9.97 Å². The van der Waals surface area contributed by atoms with Crippen LogP contribution in [0.5, 0.6) is 0 Å². The van der Waals surface area contributed by atoms with E-state index >= 15 is 0 Å². The normalized spacial score (nSPS) is 11.2. The van der Waals surface area contributed by atoms with Crippen molar-refractivity contribution in [3.8, 4) is 0 Å². The van der Waals surface area contributed by atoms with Gasteiger partial charge in [0.2, 0.25) is 0 Å². The summed E-state index contributed by atoms with van der Waals surface area (Å²) >= 11 is 11.9. The Morgan fingerprint density at radius 3 is 2.57 bits per heavy atom. The molecule has 0 aromatic carbocycles. The third-order valence-corrected chi connectivity index (χ3v) is 4.36. The SMILES string of the molecule is CCNc1ncc(S(=O)(=O)Nc2ncccc2Cl)cc1Cl. The molecular formula is C12H12Cl2N4O2S. The fourth-order valence-electron chi connectivity index (χ4n) is 1.51. The number of hydrogen-bond acceptors (Lipinski definition) is 5. The van der Waals surface area contributed by atoms with Gasteiger partial charge >= 0.3 is 0 Å². The number of sulfonamides is 1. The first-order chi connectivity index (χ1) is 9.94. The summed E-state index contributed by atoms with van der Waals surface area (Å²) in [5, 5.41) is 3.33. The number of aromatic nitrogens is 2. The summed E-state index contributed by atoms with van der Waals surface area (Å²) in [4.78, 5) is 7.78. The molecule has 112 valence electrons. The Kier molecular flexibility index (Phi) is 4.87. The third kappa shape index (κ3) is 3.75. The van der Waals surface area contributed by atoms with Crippen LogP contribution in [-0.4, -0.2) is 24.9 Å². The van der Waals surface area contributed by atoms with Crippen molar-refractivity contribution >= 4 is 44.9 Å². The maximum absolute atomic E-state index is 12.2. The molecule has 0 aliphatic rings. The van der Waals surface area contributed by atoms with E-state index in [2.05, 4.69) is 20.0 Å². The molecule has 0 saturated heterocycles. The van der Waals surface area contributed by atoms with E-state index in [-0.39, 0.29) is 20.8 Å². The molecule has 0 saturated carbocycles. The zero-order valence-corrected chi connectivity index (χ0v) is 13.3. The predicted molar refractivity (Wildman–Crippen MR) is 83.5 cm³/mol. The maximum Gasteiger partial charge on any atom is 0.264 e. The first kappa shape index (κ1) is 15.8. The number of anilines is 2. The summed E-state index contributed by atoms with van der Waals surface area (Å²) in [6, 6.07) is 4.45. The lowest BCUT2D eigenvalue weighted by Gasteiger charge is -2.10. The molecule has 21 heavy (non-hydrogen) atoms. The highest BCUT2D eigenvalue weighted by molar-refractivity contribution is 7.92. The number of halogens is 2. The third-order valence-electron chi connectivity index (χ3n) is 2.46. The average molecular weight is 347 g/mol. The van der Waals surface area contributed by atoms with E-state index < -0.39 is 10.0 Å². The van der Waals surface area contributed by atoms with Gasteiger partial charge in [-0.15, -0.1) is 0 Å². The Bertz CT molecular complexity index is 753. The highest BCUT2D eigenvalue weighted by Gasteiger charge is 2.18. The van der Waals surface area contributed by atoms with Crippen LogP contribution in [0.1, 0.15) is 6.92 Å². The van der Waals surface area contributed by atoms with Gasteiger partial charge in [0.1, 0.15) is 10.7 Å². The Morgan fingerprint density at radius 1 is 1.19 bits per heavy atom. The zero-order valence-electron chi connectivity index (χ0n) is 11.0. The van der Waals surface area contributed by atoms with E-state index in [4.69, 9.17) is 23.2 Å². The Morgan fingerprint density at radius 2 is 1.95 bits per heavy atom. The number of nitrogens with one attached hydrogen (secondary N) is 2. The number of hydrogen-bond donors (Lipinski definition) is 2. The van der Waals surface area contributed by atoms with E-state index in [9.17, 15) is 8.42 Å². The van der Waals surface area contributed by atoms with Crippen molar-refractivity contribution in [3.63, 3.8) is 0 Å². The average Bonchev–Trinajstić information content (AvgIpc) is 2.43. The van der Waals surface area contributed by atoms with Crippen molar-refractivity contribution in [3.05, 3.63) is 40.6 Å². The molecule has 0 amide bonds. The summed E-state index contributed by atoms with van der Waals surface area (Å²) in [6.45, 7) is 2.51. The minimum Gasteiger partial charge on any atom is -0.369 e. The molecule has 0 unspecified atom stereocenters. The van der Waals surface area contributed by atoms with Crippen molar-refractivity contribution in [1.29, 1.82) is 0 Å². The smallest absolute Gasteiger partial charge is 0.264 e. The van der Waals surface area contributed by atoms with Crippen LogP contribution in [0.25, 0.3) is 0 Å². The Labute approximate surface area is 132 Å². The van der Waals surface area contributed by atoms with Crippen molar-refractivity contribution in [2.45, 2.75) is 11.8 Å². The van der Waals surface area contributed by atoms with E-state index in [0.717, 1.165) is 0 Å². The topological polar surface area (TPSA) is 84.0 Å². The molecule has 0 atom stereocenters. The van der Waals surface area contributed by atoms with Crippen molar-refractivity contribution < 1.29 is 8.42 Å². The molecule has 0 radical (unpaired) electrons. The van der Waals surface area contributed by atoms with Gasteiger partial charge in [-0.1, -0.05) is 23.2 Å². The lowest BCUT2D eigenvalue weighted by molar-refractivity contribution is 0.600. The standard InChI is InChI=1S/C12H12Cl2N4O2S/c1-2-15-11-10(14)6-8(7-17-11)21(19,20)18-12-9(13)4-3-5-16-12/h3-7H,2H2,1H3,(H,15,17)(H,16,18). The molecule has 2 aromatic rings. The van der Waals surface area contributed by atoms with E-state index in [0.29, 0.717) is 12.4 Å². The molecule has 0 aliphatic heterocycles. The van der Waals surface area contributed by atoms with Gasteiger partial charge in [0, 0.05) is 18.9 Å². The lowest BCUT2D eigenvalue weighted by Crippen LogP contribution is -2.15. The van der Waals surface area contributed by atoms with Crippen LogP contribution in [0.2, 0.25) is 10.0 Å². The molecular weight excluding hydrogens is 335 g/mol. The van der Waals surface area contributed by atoms with Crippen LogP contribution in [0.3, 0.4) is 0 Å². The fourth-order valence-corrected chi connectivity index (χ4v) is 3.03. The van der Waals surface area contributed by atoms with Crippen molar-refractivity contribution in [2.75, 3.05) is 16.6 Å². The molecule has 2 heterocycles. The molecule has 0 spiro atoms. The van der Waals surface area contributed by atoms with Gasteiger partial charge < -0.3 is 5.32 Å². The van der Waals surface area contributed by atoms with Crippen LogP contribution in [0, 0.1) is 0 Å². The van der Waals surface area contributed by atoms with Crippen LogP contribution in [0.15, 0.2) is 35.5 Å². The summed E-state index contributed by atoms with van der Waals surface area (Å²) in [5.41, 5.74) is 0. The molecule has 2 rings (SSSR count). The summed E-state index contributed by atoms with van der Waals surface area (Å²) in [5.74, 6) is 0.472. The van der Waals surface area contributed by atoms with Gasteiger partial charge in [-0.25, -0.2) is 18.4 Å². The van der Waals surface area contributed by atoms with Crippen LogP contribution < -0.4 is 10.0 Å². The number of rotatable bonds is 5. The molecule has 6 nitrogen and oxygen atoms in total. The van der Waals surface area contributed by atoms with Crippen LogP contribution in [0.4, 0.5) is 11.6 Å².